The van der Waals surface area contributed by atoms with Crippen LogP contribution in [-0.4, -0.2) is 22.2 Å². The van der Waals surface area contributed by atoms with Gasteiger partial charge >= 0.3 is 11.9 Å². The first-order valence-corrected chi connectivity index (χ1v) is 7.79. The Balaban J connectivity index is 2.19. The van der Waals surface area contributed by atoms with Crippen LogP contribution in [0.3, 0.4) is 0 Å². The van der Waals surface area contributed by atoms with Gasteiger partial charge in [0.25, 0.3) is 0 Å². The summed E-state index contributed by atoms with van der Waals surface area (Å²) in [6.45, 7) is 0. The molecule has 0 spiro atoms. The van der Waals surface area contributed by atoms with E-state index in [0.29, 0.717) is 5.56 Å². The number of hydrogen-bond acceptors (Lipinski definition) is 2. The topological polar surface area (TPSA) is 74.6 Å². The van der Waals surface area contributed by atoms with Crippen LogP contribution in [0.1, 0.15) is 26.3 Å². The Labute approximate surface area is 150 Å². The fourth-order valence-electron chi connectivity index (χ4n) is 2.87. The van der Waals surface area contributed by atoms with Gasteiger partial charge in [0.05, 0.1) is 11.1 Å². The summed E-state index contributed by atoms with van der Waals surface area (Å²) in [7, 11) is 0. The van der Waals surface area contributed by atoms with E-state index >= 15 is 0 Å². The summed E-state index contributed by atoms with van der Waals surface area (Å²) >= 11 is 0. The second-order valence-electron chi connectivity index (χ2n) is 5.61. The average molecular weight is 342 g/mol. The Morgan fingerprint density at radius 1 is 0.692 bits per heavy atom. The molecule has 3 aromatic carbocycles. The van der Waals surface area contributed by atoms with Crippen molar-refractivity contribution in [2.24, 2.45) is 0 Å². The Kier molecular flexibility index (Phi) is 4.55. The number of carbonyl (C=O) groups is 2. The molecule has 0 fully saturated rings. The Hall–Kier alpha value is -3.84. The second-order valence-corrected chi connectivity index (χ2v) is 5.61. The molecule has 126 valence electrons. The molecule has 0 atom stereocenters. The van der Waals surface area contributed by atoms with Crippen LogP contribution in [0.2, 0.25) is 0 Å². The minimum atomic E-state index is -1.20. The van der Waals surface area contributed by atoms with Crippen molar-refractivity contribution in [1.82, 2.24) is 0 Å². The van der Waals surface area contributed by atoms with Crippen LogP contribution in [0.25, 0.3) is 22.3 Å². The molecule has 4 heteroatoms. The molecule has 0 aliphatic carbocycles. The van der Waals surface area contributed by atoms with Crippen LogP contribution in [0.4, 0.5) is 0 Å². The summed E-state index contributed by atoms with van der Waals surface area (Å²) in [5.74, 6) is -0.0219. The Bertz CT molecular complexity index is 1030. The van der Waals surface area contributed by atoms with Gasteiger partial charge in [0.15, 0.2) is 0 Å². The molecule has 0 heterocycles. The van der Waals surface area contributed by atoms with E-state index in [1.165, 1.54) is 12.1 Å². The van der Waals surface area contributed by atoms with Crippen LogP contribution in [0.15, 0.2) is 66.7 Å². The van der Waals surface area contributed by atoms with Gasteiger partial charge in [0.2, 0.25) is 0 Å². The monoisotopic (exact) mass is 342 g/mol. The first kappa shape index (κ1) is 17.0. The molecule has 0 unspecified atom stereocenters. The zero-order valence-corrected chi connectivity index (χ0v) is 13.6. The zero-order valence-electron chi connectivity index (χ0n) is 13.6. The van der Waals surface area contributed by atoms with Crippen molar-refractivity contribution < 1.29 is 19.8 Å². The molecule has 3 aromatic rings. The molecule has 4 nitrogen and oxygen atoms in total. The lowest BCUT2D eigenvalue weighted by atomic mass is 9.90. The van der Waals surface area contributed by atoms with Gasteiger partial charge in [0.1, 0.15) is 0 Å². The molecule has 0 aliphatic rings. The summed E-state index contributed by atoms with van der Waals surface area (Å²) in [4.78, 5) is 23.1. The lowest BCUT2D eigenvalue weighted by molar-refractivity contribution is 0.0681. The van der Waals surface area contributed by atoms with Gasteiger partial charge in [-0.25, -0.2) is 9.59 Å². The van der Waals surface area contributed by atoms with E-state index in [1.807, 2.05) is 42.5 Å². The maximum atomic E-state index is 11.6. The maximum Gasteiger partial charge on any atom is 0.336 e. The lowest BCUT2D eigenvalue weighted by Crippen LogP contribution is -2.07. The minimum Gasteiger partial charge on any atom is -0.478 e. The summed E-state index contributed by atoms with van der Waals surface area (Å²) < 4.78 is 0. The Morgan fingerprint density at radius 3 is 1.73 bits per heavy atom. The normalized spacial score (nSPS) is 10.1. The minimum absolute atomic E-state index is 0.0320. The number of terminal acetylenes is 1. The van der Waals surface area contributed by atoms with E-state index in [1.54, 1.807) is 12.1 Å². The molecule has 2 N–H and O–H groups in total. The number of hydrogen-bond donors (Lipinski definition) is 2. The highest BCUT2D eigenvalue weighted by Gasteiger charge is 2.21. The van der Waals surface area contributed by atoms with Gasteiger partial charge in [0, 0.05) is 11.1 Å². The van der Waals surface area contributed by atoms with E-state index in [-0.39, 0.29) is 22.3 Å². The summed E-state index contributed by atoms with van der Waals surface area (Å²) in [5.41, 5.74) is 2.70. The third kappa shape index (κ3) is 3.06. The van der Waals surface area contributed by atoms with E-state index in [2.05, 4.69) is 5.92 Å². The van der Waals surface area contributed by atoms with Crippen LogP contribution >= 0.6 is 0 Å². The lowest BCUT2D eigenvalue weighted by Gasteiger charge is -2.13. The molecule has 0 aromatic heterocycles. The largest absolute Gasteiger partial charge is 0.478 e. The predicted molar refractivity (Wildman–Crippen MR) is 99.2 cm³/mol. The molecule has 0 bridgehead atoms. The predicted octanol–water partition coefficient (Wildman–Crippen LogP) is 4.40. The number of carboxylic acids is 2. The fraction of sp³-hybridized carbons (Fsp3) is 0. The Morgan fingerprint density at radius 2 is 1.19 bits per heavy atom. The van der Waals surface area contributed by atoms with Crippen molar-refractivity contribution in [3.63, 3.8) is 0 Å². The van der Waals surface area contributed by atoms with Crippen LogP contribution in [0, 0.1) is 12.3 Å². The standard InChI is InChI=1S/C22H14O4/c1-2-17-18(21(23)24)12-13-19(22(25)26)20(17)16-10-8-15(9-11-16)14-6-4-3-5-7-14/h1,3-13H,(H,23,24)(H,25,26). The second kappa shape index (κ2) is 6.96. The molecule has 3 rings (SSSR count). The zero-order chi connectivity index (χ0) is 18.7. The van der Waals surface area contributed by atoms with Crippen molar-refractivity contribution in [3.05, 3.63) is 83.4 Å². The van der Waals surface area contributed by atoms with Crippen LogP contribution in [0.5, 0.6) is 0 Å². The van der Waals surface area contributed by atoms with Gasteiger partial charge in [-0.15, -0.1) is 6.42 Å². The first-order valence-electron chi connectivity index (χ1n) is 7.79. The van der Waals surface area contributed by atoms with Crippen LogP contribution in [-0.2, 0) is 0 Å². The summed E-state index contributed by atoms with van der Waals surface area (Å²) in [6, 6.07) is 19.4. The van der Waals surface area contributed by atoms with Crippen molar-refractivity contribution in [2.45, 2.75) is 0 Å². The van der Waals surface area contributed by atoms with E-state index in [9.17, 15) is 19.8 Å². The summed E-state index contributed by atoms with van der Waals surface area (Å²) in [6.07, 6.45) is 5.51. The van der Waals surface area contributed by atoms with Crippen molar-refractivity contribution >= 4 is 11.9 Å². The highest BCUT2D eigenvalue weighted by Crippen LogP contribution is 2.32. The molecular weight excluding hydrogens is 328 g/mol. The number of aromatic carboxylic acids is 2. The molecule has 0 radical (unpaired) electrons. The number of carboxylic acid groups (broad SMARTS) is 2. The third-order valence-electron chi connectivity index (χ3n) is 4.09. The molecule has 26 heavy (non-hydrogen) atoms. The fourth-order valence-corrected chi connectivity index (χ4v) is 2.87. The van der Waals surface area contributed by atoms with Gasteiger partial charge in [-0.1, -0.05) is 60.5 Å². The van der Waals surface area contributed by atoms with E-state index < -0.39 is 11.9 Å². The number of benzene rings is 3. The average Bonchev–Trinajstić information content (AvgIpc) is 2.67. The highest BCUT2D eigenvalue weighted by atomic mass is 16.4. The third-order valence-corrected chi connectivity index (χ3v) is 4.09. The smallest absolute Gasteiger partial charge is 0.336 e. The molecular formula is C22H14O4. The van der Waals surface area contributed by atoms with Crippen molar-refractivity contribution in [1.29, 1.82) is 0 Å². The highest BCUT2D eigenvalue weighted by molar-refractivity contribution is 6.02. The SMILES string of the molecule is C#Cc1c(C(=O)O)ccc(C(=O)O)c1-c1ccc(-c2ccccc2)cc1. The first-order chi connectivity index (χ1) is 12.5. The van der Waals surface area contributed by atoms with Crippen LogP contribution < -0.4 is 0 Å². The molecule has 0 aliphatic heterocycles. The van der Waals surface area contributed by atoms with Gasteiger partial charge < -0.3 is 10.2 Å². The van der Waals surface area contributed by atoms with Gasteiger partial charge in [-0.05, 0) is 28.8 Å². The quantitative estimate of drug-likeness (QED) is 0.689. The van der Waals surface area contributed by atoms with Gasteiger partial charge in [-0.3, -0.25) is 0 Å². The molecule has 0 amide bonds. The van der Waals surface area contributed by atoms with Crippen molar-refractivity contribution in [3.8, 4) is 34.6 Å². The maximum absolute atomic E-state index is 11.6. The van der Waals surface area contributed by atoms with Crippen molar-refractivity contribution in [2.75, 3.05) is 0 Å². The van der Waals surface area contributed by atoms with E-state index in [4.69, 9.17) is 6.42 Å². The molecule has 0 saturated heterocycles. The van der Waals surface area contributed by atoms with E-state index in [0.717, 1.165) is 11.1 Å². The van der Waals surface area contributed by atoms with Gasteiger partial charge in [-0.2, -0.15) is 0 Å². The number of rotatable bonds is 4. The summed E-state index contributed by atoms with van der Waals surface area (Å²) in [5, 5.41) is 18.8. The molecule has 0 saturated carbocycles.